The molecular weight excluding hydrogens is 641 g/mol. The van der Waals surface area contributed by atoms with E-state index in [-0.39, 0.29) is 28.7 Å². The van der Waals surface area contributed by atoms with Crippen LogP contribution in [0.15, 0.2) is 0 Å². The molecule has 0 saturated heterocycles. The first-order valence-corrected chi connectivity index (χ1v) is 23.0. The van der Waals surface area contributed by atoms with Crippen molar-refractivity contribution in [3.8, 4) is 0 Å². The monoisotopic (exact) mass is 737 g/mol. The third-order valence-corrected chi connectivity index (χ3v) is 11.7. The maximum atomic E-state index is 13.8. The van der Waals surface area contributed by atoms with E-state index in [1.165, 1.54) is 154 Å². The van der Waals surface area contributed by atoms with Crippen molar-refractivity contribution in [2.45, 2.75) is 279 Å². The maximum absolute atomic E-state index is 13.8. The lowest BCUT2D eigenvalue weighted by Crippen LogP contribution is -2.36. The zero-order valence-corrected chi connectivity index (χ0v) is 37.6. The van der Waals surface area contributed by atoms with Gasteiger partial charge in [-0.25, -0.2) is 0 Å². The van der Waals surface area contributed by atoms with E-state index >= 15 is 0 Å². The summed E-state index contributed by atoms with van der Waals surface area (Å²) in [7, 11) is 1.77. The quantitative estimate of drug-likeness (QED) is 0.0468. The second kappa shape index (κ2) is 30.6. The van der Waals surface area contributed by atoms with Crippen LogP contribution < -0.4 is 0 Å². The van der Waals surface area contributed by atoms with Gasteiger partial charge in [0.1, 0.15) is 6.10 Å². The van der Waals surface area contributed by atoms with Crippen molar-refractivity contribution in [1.82, 2.24) is 0 Å². The average Bonchev–Trinajstić information content (AvgIpc) is 3.07. The fraction of sp³-hybridized carbons (Fsp3) is 0.979. The molecule has 0 bridgehead atoms. The van der Waals surface area contributed by atoms with Crippen molar-refractivity contribution in [2.75, 3.05) is 13.7 Å². The molecule has 0 unspecified atom stereocenters. The van der Waals surface area contributed by atoms with Crippen LogP contribution in [0.1, 0.15) is 262 Å². The highest BCUT2D eigenvalue weighted by atomic mass is 16.5. The van der Waals surface area contributed by atoms with Gasteiger partial charge in [0.2, 0.25) is 0 Å². The molecule has 312 valence electrons. The average molecular weight is 737 g/mol. The largest absolute Gasteiger partial charge is 0.462 e. The highest BCUT2D eigenvalue weighted by Gasteiger charge is 2.38. The van der Waals surface area contributed by atoms with Crippen LogP contribution in [0.4, 0.5) is 0 Å². The van der Waals surface area contributed by atoms with Crippen LogP contribution in [-0.4, -0.2) is 37.0 Å². The van der Waals surface area contributed by atoms with Gasteiger partial charge in [-0.2, -0.15) is 0 Å². The Kier molecular flexibility index (Phi) is 30.2. The van der Waals surface area contributed by atoms with Crippen LogP contribution >= 0.6 is 0 Å². The van der Waals surface area contributed by atoms with E-state index < -0.39 is 5.41 Å². The van der Waals surface area contributed by atoms with Gasteiger partial charge in [-0.3, -0.25) is 4.79 Å². The SMILES string of the molecule is CCCCCCCCCCCCCCC(CCCCCCCCCCCCCC)OC(=O)C(C)(C)CC(C)(C)CCC(C)(C)OCCC(C)(C)OC. The fourth-order valence-corrected chi connectivity index (χ4v) is 7.74. The molecule has 0 aromatic carbocycles. The molecule has 0 aliphatic heterocycles. The van der Waals surface area contributed by atoms with E-state index in [0.29, 0.717) is 6.61 Å². The summed E-state index contributed by atoms with van der Waals surface area (Å²) in [6.45, 7) is 22.7. The summed E-state index contributed by atoms with van der Waals surface area (Å²) in [5.74, 6) is 0.000700. The number of hydrogen-bond donors (Lipinski definition) is 0. The van der Waals surface area contributed by atoms with Crippen molar-refractivity contribution in [1.29, 1.82) is 0 Å². The van der Waals surface area contributed by atoms with Crippen LogP contribution in [0.5, 0.6) is 0 Å². The molecule has 0 aliphatic rings. The van der Waals surface area contributed by atoms with Crippen molar-refractivity contribution in [3.63, 3.8) is 0 Å². The minimum Gasteiger partial charge on any atom is -0.462 e. The Morgan fingerprint density at radius 3 is 1.21 bits per heavy atom. The van der Waals surface area contributed by atoms with Gasteiger partial charge in [0, 0.05) is 7.11 Å². The van der Waals surface area contributed by atoms with E-state index in [1.807, 2.05) is 0 Å². The molecule has 0 spiro atoms. The van der Waals surface area contributed by atoms with Gasteiger partial charge in [0.25, 0.3) is 0 Å². The molecule has 0 saturated carbocycles. The number of methoxy groups -OCH3 is 1. The molecule has 0 aromatic rings. The van der Waals surface area contributed by atoms with Gasteiger partial charge < -0.3 is 14.2 Å². The molecule has 0 aliphatic carbocycles. The number of carbonyl (C=O) groups excluding carboxylic acids is 1. The first-order valence-electron chi connectivity index (χ1n) is 23.0. The molecule has 4 nitrogen and oxygen atoms in total. The van der Waals surface area contributed by atoms with Gasteiger partial charge >= 0.3 is 5.97 Å². The Labute approximate surface area is 327 Å². The molecular formula is C48H96O4. The Morgan fingerprint density at radius 1 is 0.481 bits per heavy atom. The second-order valence-electron chi connectivity index (χ2n) is 19.4. The maximum Gasteiger partial charge on any atom is 0.311 e. The van der Waals surface area contributed by atoms with E-state index in [1.54, 1.807) is 7.11 Å². The third kappa shape index (κ3) is 30.7. The van der Waals surface area contributed by atoms with Gasteiger partial charge in [-0.1, -0.05) is 169 Å². The summed E-state index contributed by atoms with van der Waals surface area (Å²) in [6.07, 6.45) is 38.3. The number of carbonyl (C=O) groups is 1. The molecule has 0 amide bonds. The van der Waals surface area contributed by atoms with Gasteiger partial charge in [-0.05, 0) is 98.3 Å². The summed E-state index contributed by atoms with van der Waals surface area (Å²) >= 11 is 0. The minimum absolute atomic E-state index is 0.000700. The van der Waals surface area contributed by atoms with Crippen molar-refractivity contribution in [3.05, 3.63) is 0 Å². The summed E-state index contributed by atoms with van der Waals surface area (Å²) in [4.78, 5) is 13.8. The summed E-state index contributed by atoms with van der Waals surface area (Å²) in [5, 5.41) is 0. The molecule has 0 aromatic heterocycles. The normalized spacial score (nSPS) is 13.0. The first-order chi connectivity index (χ1) is 24.6. The molecule has 0 atom stereocenters. The standard InChI is InChI=1S/C48H96O4/c1-12-14-16-18-20-22-24-26-28-30-32-34-36-43(37-35-33-31-29-27-25-23-21-19-17-15-13-2)52-44(49)46(5,6)42-45(3,4)38-39-48(9,10)51-41-40-47(7,8)50-11/h43H,12-42H2,1-11H3. The number of esters is 1. The van der Waals surface area contributed by atoms with E-state index in [9.17, 15) is 4.79 Å². The van der Waals surface area contributed by atoms with Gasteiger partial charge in [0.05, 0.1) is 23.2 Å². The van der Waals surface area contributed by atoms with Crippen molar-refractivity contribution >= 4 is 5.97 Å². The molecule has 52 heavy (non-hydrogen) atoms. The van der Waals surface area contributed by atoms with Crippen LogP contribution in [0.3, 0.4) is 0 Å². The van der Waals surface area contributed by atoms with E-state index in [0.717, 1.165) is 38.5 Å². The van der Waals surface area contributed by atoms with Crippen LogP contribution in [0, 0.1) is 10.8 Å². The number of rotatable bonds is 38. The Balaban J connectivity index is 4.83. The molecule has 0 N–H and O–H groups in total. The van der Waals surface area contributed by atoms with Crippen LogP contribution in [0.2, 0.25) is 0 Å². The smallest absolute Gasteiger partial charge is 0.311 e. The predicted octanol–water partition coefficient (Wildman–Crippen LogP) is 15.9. The van der Waals surface area contributed by atoms with E-state index in [4.69, 9.17) is 14.2 Å². The topological polar surface area (TPSA) is 44.8 Å². The Hall–Kier alpha value is -0.610. The second-order valence-corrected chi connectivity index (χ2v) is 19.4. The fourth-order valence-electron chi connectivity index (χ4n) is 7.74. The van der Waals surface area contributed by atoms with Crippen molar-refractivity contribution < 1.29 is 19.0 Å². The molecule has 0 heterocycles. The van der Waals surface area contributed by atoms with E-state index in [2.05, 4.69) is 69.2 Å². The lowest BCUT2D eigenvalue weighted by atomic mass is 9.71. The lowest BCUT2D eigenvalue weighted by molar-refractivity contribution is -0.162. The molecule has 0 rings (SSSR count). The van der Waals surface area contributed by atoms with Crippen molar-refractivity contribution in [2.24, 2.45) is 10.8 Å². The highest BCUT2D eigenvalue weighted by molar-refractivity contribution is 5.76. The lowest BCUT2D eigenvalue weighted by Gasteiger charge is -2.37. The molecule has 0 radical (unpaired) electrons. The van der Waals surface area contributed by atoms with Gasteiger partial charge in [0.15, 0.2) is 0 Å². The van der Waals surface area contributed by atoms with Crippen LogP contribution in [-0.2, 0) is 19.0 Å². The number of ether oxygens (including phenoxy) is 3. The zero-order chi connectivity index (χ0) is 39.2. The Bertz CT molecular complexity index is 785. The van der Waals surface area contributed by atoms with Crippen LogP contribution in [0.25, 0.3) is 0 Å². The highest BCUT2D eigenvalue weighted by Crippen LogP contribution is 2.40. The number of hydrogen-bond acceptors (Lipinski definition) is 4. The molecule has 4 heteroatoms. The first kappa shape index (κ1) is 51.4. The zero-order valence-electron chi connectivity index (χ0n) is 37.6. The summed E-state index contributed by atoms with van der Waals surface area (Å²) in [5.41, 5.74) is -0.880. The minimum atomic E-state index is -0.512. The molecule has 0 fully saturated rings. The summed E-state index contributed by atoms with van der Waals surface area (Å²) in [6, 6.07) is 0. The van der Waals surface area contributed by atoms with Gasteiger partial charge in [-0.15, -0.1) is 0 Å². The third-order valence-electron chi connectivity index (χ3n) is 11.7. The number of unbranched alkanes of at least 4 members (excludes halogenated alkanes) is 22. The summed E-state index contributed by atoms with van der Waals surface area (Å²) < 4.78 is 18.3. The predicted molar refractivity (Wildman–Crippen MR) is 228 cm³/mol. The Morgan fingerprint density at radius 2 is 0.846 bits per heavy atom.